The van der Waals surface area contributed by atoms with Crippen molar-refractivity contribution in [2.45, 2.75) is 68.5 Å². The van der Waals surface area contributed by atoms with E-state index in [0.717, 1.165) is 18.8 Å². The van der Waals surface area contributed by atoms with Gasteiger partial charge in [0.15, 0.2) is 0 Å². The van der Waals surface area contributed by atoms with Gasteiger partial charge in [-0.3, -0.25) is 0 Å². The predicted octanol–water partition coefficient (Wildman–Crippen LogP) is 3.18. The largest absolute Gasteiger partial charge is 0.358 e. The smallest absolute Gasteiger partial charge is 0.317 e. The molecule has 1 saturated carbocycles. The van der Waals surface area contributed by atoms with E-state index < -0.39 is 15.7 Å². The number of hydrogen-bond acceptors (Lipinski definition) is 4. The van der Waals surface area contributed by atoms with Gasteiger partial charge in [0.25, 0.3) is 0 Å². The lowest BCUT2D eigenvalue weighted by Gasteiger charge is -2.43. The Labute approximate surface area is 179 Å². The van der Waals surface area contributed by atoms with Crippen LogP contribution < -0.4 is 5.32 Å². The Morgan fingerprint density at radius 2 is 1.77 bits per heavy atom. The van der Waals surface area contributed by atoms with Crippen LogP contribution in [0.4, 0.5) is 4.79 Å². The third-order valence-corrected chi connectivity index (χ3v) is 9.00. The molecule has 2 saturated heterocycles. The molecule has 1 aliphatic carbocycles. The monoisotopic (exact) mass is 435 g/mol. The first-order valence-corrected chi connectivity index (χ1v) is 12.7. The van der Waals surface area contributed by atoms with E-state index in [4.69, 9.17) is 4.74 Å². The Balaban J connectivity index is 1.36. The third-order valence-electron chi connectivity index (χ3n) is 7.03. The third kappa shape index (κ3) is 4.22. The minimum Gasteiger partial charge on any atom is -0.358 e. The van der Waals surface area contributed by atoms with Gasteiger partial charge < -0.3 is 15.0 Å². The highest BCUT2D eigenvalue weighted by atomic mass is 32.2. The summed E-state index contributed by atoms with van der Waals surface area (Å²) >= 11 is 0. The number of urea groups is 1. The SMILES string of the molecule is CCC1CCC(NC(=O)N2CCC3(CC2)OCCN3S(=O)(=O)c2ccccc2)CC1. The van der Waals surface area contributed by atoms with E-state index in [2.05, 4.69) is 12.2 Å². The van der Waals surface area contributed by atoms with Crippen molar-refractivity contribution in [1.82, 2.24) is 14.5 Å². The number of rotatable bonds is 4. The van der Waals surface area contributed by atoms with Gasteiger partial charge in [-0.2, -0.15) is 4.31 Å². The van der Waals surface area contributed by atoms with Gasteiger partial charge in [0.2, 0.25) is 10.0 Å². The van der Waals surface area contributed by atoms with Gasteiger partial charge in [-0.25, -0.2) is 13.2 Å². The van der Waals surface area contributed by atoms with Gasteiger partial charge in [0, 0.05) is 38.5 Å². The van der Waals surface area contributed by atoms with E-state index in [1.54, 1.807) is 30.3 Å². The molecule has 3 aliphatic rings. The van der Waals surface area contributed by atoms with Crippen LogP contribution in [0, 0.1) is 5.92 Å². The molecule has 2 aliphatic heterocycles. The molecule has 2 heterocycles. The molecule has 1 aromatic carbocycles. The van der Waals surface area contributed by atoms with Crippen LogP contribution >= 0.6 is 0 Å². The normalized spacial score (nSPS) is 27.3. The summed E-state index contributed by atoms with van der Waals surface area (Å²) in [6, 6.07) is 8.75. The summed E-state index contributed by atoms with van der Waals surface area (Å²) < 4.78 is 33.9. The maximum atomic E-state index is 13.2. The topological polar surface area (TPSA) is 79.0 Å². The van der Waals surface area contributed by atoms with Crippen LogP contribution in [0.25, 0.3) is 0 Å². The Hall–Kier alpha value is -1.64. The summed E-state index contributed by atoms with van der Waals surface area (Å²) in [5.74, 6) is 0.796. The number of carbonyl (C=O) groups is 1. The molecule has 8 heteroatoms. The summed E-state index contributed by atoms with van der Waals surface area (Å²) in [4.78, 5) is 14.9. The zero-order valence-electron chi connectivity index (χ0n) is 17.8. The molecule has 0 aromatic heterocycles. The van der Waals surface area contributed by atoms with Crippen molar-refractivity contribution >= 4 is 16.1 Å². The number of carbonyl (C=O) groups excluding carboxylic acids is 1. The van der Waals surface area contributed by atoms with Crippen molar-refractivity contribution < 1.29 is 17.9 Å². The standard InChI is InChI=1S/C22H33N3O4S/c1-2-18-8-10-19(11-9-18)23-21(26)24-14-12-22(13-15-24)25(16-17-29-22)30(27,28)20-6-4-3-5-7-20/h3-7,18-19H,2,8-17H2,1H3,(H,23,26). The average molecular weight is 436 g/mol. The molecule has 166 valence electrons. The number of sulfonamides is 1. The molecular weight excluding hydrogens is 402 g/mol. The molecule has 0 atom stereocenters. The summed E-state index contributed by atoms with van der Waals surface area (Å²) in [5, 5.41) is 3.19. The van der Waals surface area contributed by atoms with E-state index >= 15 is 0 Å². The Kier molecular flexibility index (Phi) is 6.36. The van der Waals surface area contributed by atoms with Crippen molar-refractivity contribution in [2.75, 3.05) is 26.2 Å². The molecule has 0 radical (unpaired) electrons. The van der Waals surface area contributed by atoms with Gasteiger partial charge in [-0.1, -0.05) is 31.5 Å². The molecule has 0 unspecified atom stereocenters. The summed E-state index contributed by atoms with van der Waals surface area (Å²) in [6.07, 6.45) is 6.68. The van der Waals surface area contributed by atoms with Crippen LogP contribution in [0.3, 0.4) is 0 Å². The van der Waals surface area contributed by atoms with Gasteiger partial charge in [-0.05, 0) is 43.7 Å². The lowest BCUT2D eigenvalue weighted by Crippen LogP contribution is -2.57. The molecule has 4 rings (SSSR count). The van der Waals surface area contributed by atoms with Gasteiger partial charge >= 0.3 is 6.03 Å². The summed E-state index contributed by atoms with van der Waals surface area (Å²) in [5.41, 5.74) is -0.843. The minimum atomic E-state index is -3.63. The molecule has 1 N–H and O–H groups in total. The number of benzene rings is 1. The van der Waals surface area contributed by atoms with Crippen molar-refractivity contribution in [3.05, 3.63) is 30.3 Å². The van der Waals surface area contributed by atoms with Crippen LogP contribution in [0.2, 0.25) is 0 Å². The number of hydrogen-bond donors (Lipinski definition) is 1. The van der Waals surface area contributed by atoms with Gasteiger partial charge in [0.05, 0.1) is 11.5 Å². The van der Waals surface area contributed by atoms with E-state index in [-0.39, 0.29) is 17.0 Å². The van der Waals surface area contributed by atoms with E-state index in [1.165, 1.54) is 23.6 Å². The zero-order valence-corrected chi connectivity index (χ0v) is 18.6. The lowest BCUT2D eigenvalue weighted by molar-refractivity contribution is -0.0846. The Morgan fingerprint density at radius 1 is 1.10 bits per heavy atom. The number of amides is 2. The molecular formula is C22H33N3O4S. The fourth-order valence-electron chi connectivity index (χ4n) is 5.09. The Bertz CT molecular complexity index is 829. The van der Waals surface area contributed by atoms with E-state index in [1.807, 2.05) is 4.90 Å². The van der Waals surface area contributed by atoms with Gasteiger partial charge in [-0.15, -0.1) is 0 Å². The zero-order chi connectivity index (χ0) is 21.2. The van der Waals surface area contributed by atoms with E-state index in [9.17, 15) is 13.2 Å². The van der Waals surface area contributed by atoms with Crippen LogP contribution in [0.1, 0.15) is 51.9 Å². The first-order chi connectivity index (χ1) is 14.4. The average Bonchev–Trinajstić information content (AvgIpc) is 3.19. The molecule has 1 spiro atoms. The number of nitrogens with zero attached hydrogens (tertiary/aromatic N) is 2. The lowest BCUT2D eigenvalue weighted by atomic mass is 9.84. The first-order valence-electron chi connectivity index (χ1n) is 11.2. The molecule has 2 amide bonds. The van der Waals surface area contributed by atoms with Crippen LogP contribution in [0.15, 0.2) is 35.2 Å². The quantitative estimate of drug-likeness (QED) is 0.788. The maximum Gasteiger partial charge on any atom is 0.317 e. The highest BCUT2D eigenvalue weighted by Crippen LogP contribution is 2.38. The minimum absolute atomic E-state index is 0.0275. The second kappa shape index (κ2) is 8.85. The number of likely N-dealkylation sites (tertiary alicyclic amines) is 1. The predicted molar refractivity (Wildman–Crippen MR) is 114 cm³/mol. The number of piperidine rings is 1. The number of nitrogens with one attached hydrogen (secondary N) is 1. The first kappa shape index (κ1) is 21.6. The van der Waals surface area contributed by atoms with E-state index in [0.29, 0.717) is 39.1 Å². The molecule has 3 fully saturated rings. The Morgan fingerprint density at radius 3 is 2.40 bits per heavy atom. The van der Waals surface area contributed by atoms with Gasteiger partial charge in [0.1, 0.15) is 5.72 Å². The second-order valence-electron chi connectivity index (χ2n) is 8.75. The molecule has 0 bridgehead atoms. The van der Waals surface area contributed by atoms with Crippen LogP contribution in [-0.2, 0) is 14.8 Å². The molecule has 30 heavy (non-hydrogen) atoms. The van der Waals surface area contributed by atoms with Crippen LogP contribution in [-0.4, -0.2) is 61.7 Å². The molecule has 7 nitrogen and oxygen atoms in total. The summed E-state index contributed by atoms with van der Waals surface area (Å²) in [6.45, 7) is 3.97. The van der Waals surface area contributed by atoms with Crippen LogP contribution in [0.5, 0.6) is 0 Å². The van der Waals surface area contributed by atoms with Crippen molar-refractivity contribution in [2.24, 2.45) is 5.92 Å². The fourth-order valence-corrected chi connectivity index (χ4v) is 6.83. The number of ether oxygens (including phenoxy) is 1. The maximum absolute atomic E-state index is 13.2. The highest BCUT2D eigenvalue weighted by molar-refractivity contribution is 7.89. The van der Waals surface area contributed by atoms with Crippen molar-refractivity contribution in [3.8, 4) is 0 Å². The second-order valence-corrected chi connectivity index (χ2v) is 10.6. The van der Waals surface area contributed by atoms with Crippen molar-refractivity contribution in [3.63, 3.8) is 0 Å². The molecule has 1 aromatic rings. The fraction of sp³-hybridized carbons (Fsp3) is 0.682. The summed E-state index contributed by atoms with van der Waals surface area (Å²) in [7, 11) is -3.63. The van der Waals surface area contributed by atoms with Crippen molar-refractivity contribution in [1.29, 1.82) is 0 Å². The highest BCUT2D eigenvalue weighted by Gasteiger charge is 2.51.